The van der Waals surface area contributed by atoms with E-state index in [2.05, 4.69) is 17.4 Å². The number of hydrogen-bond acceptors (Lipinski definition) is 2. The van der Waals surface area contributed by atoms with Crippen LogP contribution in [-0.2, 0) is 13.1 Å². The van der Waals surface area contributed by atoms with Gasteiger partial charge in [-0.3, -0.25) is 0 Å². The van der Waals surface area contributed by atoms with Gasteiger partial charge in [-0.2, -0.15) is 0 Å². The first kappa shape index (κ1) is 12.3. The summed E-state index contributed by atoms with van der Waals surface area (Å²) in [6, 6.07) is 18.2. The van der Waals surface area contributed by atoms with Gasteiger partial charge in [-0.25, -0.2) is 0 Å². The monoisotopic (exact) mass is 271 g/mol. The van der Waals surface area contributed by atoms with Gasteiger partial charge in [0.05, 0.1) is 0 Å². The molecule has 0 spiro atoms. The quantitative estimate of drug-likeness (QED) is 0.762. The summed E-state index contributed by atoms with van der Waals surface area (Å²) < 4.78 is 5.53. The van der Waals surface area contributed by atoms with Gasteiger partial charge in [-0.1, -0.05) is 48.5 Å². The molecule has 2 nitrogen and oxygen atoms in total. The normalized spacial score (nSPS) is 11.0. The van der Waals surface area contributed by atoms with E-state index in [1.165, 1.54) is 5.56 Å². The van der Waals surface area contributed by atoms with E-state index < -0.39 is 0 Å². The summed E-state index contributed by atoms with van der Waals surface area (Å²) in [6.07, 6.45) is 0. The predicted molar refractivity (Wildman–Crippen MR) is 78.2 cm³/mol. The van der Waals surface area contributed by atoms with Crippen LogP contribution in [0.4, 0.5) is 0 Å². The molecule has 1 aromatic heterocycles. The average molecular weight is 272 g/mol. The molecule has 0 atom stereocenters. The van der Waals surface area contributed by atoms with E-state index in [4.69, 9.17) is 16.0 Å². The van der Waals surface area contributed by atoms with Crippen LogP contribution in [0.5, 0.6) is 0 Å². The van der Waals surface area contributed by atoms with Crippen molar-refractivity contribution in [3.8, 4) is 0 Å². The topological polar surface area (TPSA) is 25.2 Å². The second-order valence-electron chi connectivity index (χ2n) is 4.44. The van der Waals surface area contributed by atoms with Crippen molar-refractivity contribution in [2.45, 2.75) is 13.1 Å². The fourth-order valence-electron chi connectivity index (χ4n) is 2.16. The number of nitrogens with one attached hydrogen (secondary N) is 1. The molecule has 19 heavy (non-hydrogen) atoms. The van der Waals surface area contributed by atoms with Crippen LogP contribution >= 0.6 is 11.6 Å². The summed E-state index contributed by atoms with van der Waals surface area (Å²) in [5.41, 5.74) is 3.11. The smallest absolute Gasteiger partial charge is 0.199 e. The maximum absolute atomic E-state index is 6.14. The lowest BCUT2D eigenvalue weighted by Crippen LogP contribution is -2.12. The summed E-state index contributed by atoms with van der Waals surface area (Å²) >= 11 is 6.14. The van der Waals surface area contributed by atoms with E-state index in [0.717, 1.165) is 23.1 Å². The molecule has 3 aromatic rings. The molecule has 1 heterocycles. The van der Waals surface area contributed by atoms with Crippen molar-refractivity contribution in [1.82, 2.24) is 5.32 Å². The van der Waals surface area contributed by atoms with Gasteiger partial charge in [0, 0.05) is 24.0 Å². The summed E-state index contributed by atoms with van der Waals surface area (Å²) in [5, 5.41) is 4.94. The summed E-state index contributed by atoms with van der Waals surface area (Å²) in [5.74, 6) is 0. The van der Waals surface area contributed by atoms with Gasteiger partial charge in [0.2, 0.25) is 0 Å². The SMILES string of the molecule is Clc1oc2ccccc2c1CNCc1ccccc1. The van der Waals surface area contributed by atoms with Gasteiger partial charge in [0.15, 0.2) is 5.22 Å². The molecule has 0 aliphatic rings. The number of rotatable bonds is 4. The Labute approximate surface area is 117 Å². The third-order valence-electron chi connectivity index (χ3n) is 3.12. The molecule has 3 rings (SSSR count). The number of benzene rings is 2. The average Bonchev–Trinajstić information content (AvgIpc) is 2.76. The lowest BCUT2D eigenvalue weighted by atomic mass is 10.1. The van der Waals surface area contributed by atoms with Gasteiger partial charge in [-0.15, -0.1) is 0 Å². The highest BCUT2D eigenvalue weighted by Gasteiger charge is 2.11. The highest BCUT2D eigenvalue weighted by Crippen LogP contribution is 2.29. The van der Waals surface area contributed by atoms with Crippen LogP contribution in [0, 0.1) is 0 Å². The molecule has 2 aromatic carbocycles. The predicted octanol–water partition coefficient (Wildman–Crippen LogP) is 4.38. The molecule has 0 saturated heterocycles. The highest BCUT2D eigenvalue weighted by molar-refractivity contribution is 6.30. The fraction of sp³-hybridized carbons (Fsp3) is 0.125. The highest BCUT2D eigenvalue weighted by atomic mass is 35.5. The van der Waals surface area contributed by atoms with Crippen molar-refractivity contribution in [3.63, 3.8) is 0 Å². The van der Waals surface area contributed by atoms with Crippen LogP contribution in [0.3, 0.4) is 0 Å². The van der Waals surface area contributed by atoms with E-state index in [1.54, 1.807) is 0 Å². The molecule has 96 valence electrons. The number of furan rings is 1. The third kappa shape index (κ3) is 2.65. The first-order valence-electron chi connectivity index (χ1n) is 6.25. The number of para-hydroxylation sites is 1. The largest absolute Gasteiger partial charge is 0.444 e. The van der Waals surface area contributed by atoms with Crippen LogP contribution in [0.15, 0.2) is 59.0 Å². The standard InChI is InChI=1S/C16H14ClNO/c17-16-14(13-8-4-5-9-15(13)19-16)11-18-10-12-6-2-1-3-7-12/h1-9,18H,10-11H2. The second-order valence-corrected chi connectivity index (χ2v) is 4.78. The van der Waals surface area contributed by atoms with Gasteiger partial charge in [-0.05, 0) is 23.2 Å². The van der Waals surface area contributed by atoms with Crippen molar-refractivity contribution in [2.24, 2.45) is 0 Å². The lowest BCUT2D eigenvalue weighted by molar-refractivity contribution is 0.604. The minimum absolute atomic E-state index is 0.474. The molecular formula is C16H14ClNO. The molecule has 0 bridgehead atoms. The van der Waals surface area contributed by atoms with Crippen LogP contribution in [0.1, 0.15) is 11.1 Å². The zero-order chi connectivity index (χ0) is 13.1. The molecule has 0 unspecified atom stereocenters. The molecule has 1 N–H and O–H groups in total. The Kier molecular flexibility index (Phi) is 3.53. The molecule has 0 saturated carbocycles. The minimum Gasteiger partial charge on any atom is -0.444 e. The van der Waals surface area contributed by atoms with E-state index in [1.807, 2.05) is 42.5 Å². The van der Waals surface area contributed by atoms with Crippen molar-refractivity contribution >= 4 is 22.6 Å². The molecule has 0 aliphatic carbocycles. The van der Waals surface area contributed by atoms with E-state index in [0.29, 0.717) is 11.8 Å². The van der Waals surface area contributed by atoms with Crippen LogP contribution < -0.4 is 5.32 Å². The Morgan fingerprint density at radius 1 is 0.895 bits per heavy atom. The molecule has 0 radical (unpaired) electrons. The van der Waals surface area contributed by atoms with Crippen molar-refractivity contribution in [3.05, 3.63) is 70.9 Å². The van der Waals surface area contributed by atoms with Gasteiger partial charge >= 0.3 is 0 Å². The number of halogens is 1. The fourth-order valence-corrected chi connectivity index (χ4v) is 2.41. The maximum Gasteiger partial charge on any atom is 0.199 e. The summed E-state index contributed by atoms with van der Waals surface area (Å²) in [4.78, 5) is 0. The van der Waals surface area contributed by atoms with Crippen molar-refractivity contribution in [2.75, 3.05) is 0 Å². The van der Waals surface area contributed by atoms with E-state index in [9.17, 15) is 0 Å². The van der Waals surface area contributed by atoms with Crippen LogP contribution in [0.2, 0.25) is 5.22 Å². The Bertz CT molecular complexity index is 676. The summed E-state index contributed by atoms with van der Waals surface area (Å²) in [6.45, 7) is 1.52. The van der Waals surface area contributed by atoms with Gasteiger partial charge in [0.25, 0.3) is 0 Å². The van der Waals surface area contributed by atoms with Crippen LogP contribution in [0.25, 0.3) is 11.0 Å². The first-order chi connectivity index (χ1) is 9.34. The molecular weight excluding hydrogens is 258 g/mol. The van der Waals surface area contributed by atoms with E-state index >= 15 is 0 Å². The zero-order valence-corrected chi connectivity index (χ0v) is 11.2. The summed E-state index contributed by atoms with van der Waals surface area (Å²) in [7, 11) is 0. The molecule has 0 aliphatic heterocycles. The number of hydrogen-bond donors (Lipinski definition) is 1. The van der Waals surface area contributed by atoms with Crippen LogP contribution in [-0.4, -0.2) is 0 Å². The van der Waals surface area contributed by atoms with Crippen molar-refractivity contribution in [1.29, 1.82) is 0 Å². The maximum atomic E-state index is 6.14. The first-order valence-corrected chi connectivity index (χ1v) is 6.63. The minimum atomic E-state index is 0.474. The third-order valence-corrected chi connectivity index (χ3v) is 3.43. The zero-order valence-electron chi connectivity index (χ0n) is 10.4. The molecule has 3 heteroatoms. The van der Waals surface area contributed by atoms with Crippen molar-refractivity contribution < 1.29 is 4.42 Å². The molecule has 0 fully saturated rings. The van der Waals surface area contributed by atoms with Gasteiger partial charge < -0.3 is 9.73 Å². The second kappa shape index (κ2) is 5.47. The van der Waals surface area contributed by atoms with E-state index in [-0.39, 0.29) is 0 Å². The Morgan fingerprint density at radius 3 is 2.47 bits per heavy atom. The van der Waals surface area contributed by atoms with Gasteiger partial charge in [0.1, 0.15) is 5.58 Å². The molecule has 0 amide bonds. The lowest BCUT2D eigenvalue weighted by Gasteiger charge is -2.04. The Balaban J connectivity index is 1.73. The Morgan fingerprint density at radius 2 is 1.63 bits per heavy atom. The Hall–Kier alpha value is -1.77. The number of fused-ring (bicyclic) bond motifs is 1.